The van der Waals surface area contributed by atoms with Crippen molar-refractivity contribution in [3.8, 4) is 0 Å². The van der Waals surface area contributed by atoms with E-state index >= 15 is 0 Å². The third kappa shape index (κ3) is 4.88. The third-order valence-electron chi connectivity index (χ3n) is 2.71. The van der Waals surface area contributed by atoms with Gasteiger partial charge in [-0.1, -0.05) is 13.8 Å². The summed E-state index contributed by atoms with van der Waals surface area (Å²) in [5, 5.41) is 9.79. The minimum absolute atomic E-state index is 0.144. The Labute approximate surface area is 113 Å². The Kier molecular flexibility index (Phi) is 5.50. The largest absolute Gasteiger partial charge is 0.389 e. The molecule has 18 heavy (non-hydrogen) atoms. The topological polar surface area (TPSA) is 40.5 Å². The lowest BCUT2D eigenvalue weighted by Crippen LogP contribution is -2.41. The van der Waals surface area contributed by atoms with Gasteiger partial charge in [-0.05, 0) is 38.9 Å². The van der Waals surface area contributed by atoms with Gasteiger partial charge in [0.05, 0.1) is 17.0 Å². The number of likely N-dealkylation sites (N-methyl/N-ethyl adjacent to an activating group) is 1. The Morgan fingerprint density at radius 2 is 2.06 bits per heavy atom. The number of rotatable bonds is 7. The van der Waals surface area contributed by atoms with Crippen LogP contribution in [0.2, 0.25) is 0 Å². The highest BCUT2D eigenvalue weighted by Crippen LogP contribution is 2.18. The van der Waals surface area contributed by atoms with Gasteiger partial charge in [-0.25, -0.2) is 0 Å². The summed E-state index contributed by atoms with van der Waals surface area (Å²) in [6.45, 7) is 9.28. The van der Waals surface area contributed by atoms with E-state index in [4.69, 9.17) is 0 Å². The molecule has 1 aromatic rings. The van der Waals surface area contributed by atoms with Gasteiger partial charge in [0.1, 0.15) is 0 Å². The lowest BCUT2D eigenvalue weighted by atomic mass is 10.1. The molecule has 102 valence electrons. The van der Waals surface area contributed by atoms with Crippen LogP contribution in [0.3, 0.4) is 0 Å². The molecule has 0 saturated carbocycles. The number of aliphatic hydroxyl groups is 1. The first-order chi connectivity index (χ1) is 8.35. The first kappa shape index (κ1) is 15.3. The van der Waals surface area contributed by atoms with E-state index in [-0.39, 0.29) is 5.78 Å². The maximum Gasteiger partial charge on any atom is 0.186 e. The Bertz CT molecular complexity index is 393. The molecule has 1 N–H and O–H groups in total. The van der Waals surface area contributed by atoms with Crippen LogP contribution in [0.5, 0.6) is 0 Å². The van der Waals surface area contributed by atoms with E-state index in [1.165, 1.54) is 4.88 Å². The molecule has 0 unspecified atom stereocenters. The SMILES string of the molecule is CCc1ccc(C(=O)CN(CC)CC(C)(C)O)s1. The lowest BCUT2D eigenvalue weighted by Gasteiger charge is -2.27. The zero-order chi connectivity index (χ0) is 13.8. The van der Waals surface area contributed by atoms with E-state index in [9.17, 15) is 9.90 Å². The van der Waals surface area contributed by atoms with Gasteiger partial charge in [-0.2, -0.15) is 0 Å². The summed E-state index contributed by atoms with van der Waals surface area (Å²) in [5.41, 5.74) is -0.764. The van der Waals surface area contributed by atoms with E-state index in [0.29, 0.717) is 13.1 Å². The molecule has 0 saturated heterocycles. The van der Waals surface area contributed by atoms with Crippen molar-refractivity contribution in [1.29, 1.82) is 0 Å². The molecule has 0 aliphatic carbocycles. The minimum Gasteiger partial charge on any atom is -0.389 e. The van der Waals surface area contributed by atoms with Crippen molar-refractivity contribution >= 4 is 17.1 Å². The fraction of sp³-hybridized carbons (Fsp3) is 0.643. The van der Waals surface area contributed by atoms with E-state index in [0.717, 1.165) is 17.8 Å². The van der Waals surface area contributed by atoms with Crippen molar-refractivity contribution in [2.45, 2.75) is 39.7 Å². The second-order valence-corrected chi connectivity index (χ2v) is 6.33. The van der Waals surface area contributed by atoms with Crippen LogP contribution < -0.4 is 0 Å². The summed E-state index contributed by atoms with van der Waals surface area (Å²) in [7, 11) is 0. The monoisotopic (exact) mass is 269 g/mol. The molecule has 0 bridgehead atoms. The zero-order valence-electron chi connectivity index (χ0n) is 11.7. The molecular formula is C14H23NO2S. The van der Waals surface area contributed by atoms with Crippen molar-refractivity contribution in [3.05, 3.63) is 21.9 Å². The van der Waals surface area contributed by atoms with Gasteiger partial charge in [-0.3, -0.25) is 9.69 Å². The van der Waals surface area contributed by atoms with Crippen LogP contribution in [0.25, 0.3) is 0 Å². The summed E-state index contributed by atoms with van der Waals surface area (Å²) in [5.74, 6) is 0.144. The van der Waals surface area contributed by atoms with E-state index < -0.39 is 5.60 Å². The highest BCUT2D eigenvalue weighted by atomic mass is 32.1. The van der Waals surface area contributed by atoms with Gasteiger partial charge in [0.25, 0.3) is 0 Å². The van der Waals surface area contributed by atoms with Crippen LogP contribution in [0.15, 0.2) is 12.1 Å². The standard InChI is InChI=1S/C14H23NO2S/c1-5-11-7-8-13(18-11)12(16)9-15(6-2)10-14(3,4)17/h7-8,17H,5-6,9-10H2,1-4H3. The first-order valence-electron chi connectivity index (χ1n) is 6.42. The van der Waals surface area contributed by atoms with Crippen LogP contribution >= 0.6 is 11.3 Å². The number of nitrogens with zero attached hydrogens (tertiary/aromatic N) is 1. The second kappa shape index (κ2) is 6.45. The smallest absolute Gasteiger partial charge is 0.186 e. The molecule has 0 radical (unpaired) electrons. The van der Waals surface area contributed by atoms with E-state index in [1.807, 2.05) is 24.0 Å². The number of carbonyl (C=O) groups excluding carboxylic acids is 1. The van der Waals surface area contributed by atoms with Crippen molar-refractivity contribution in [1.82, 2.24) is 4.90 Å². The van der Waals surface area contributed by atoms with Crippen molar-refractivity contribution in [3.63, 3.8) is 0 Å². The highest BCUT2D eigenvalue weighted by molar-refractivity contribution is 7.14. The van der Waals surface area contributed by atoms with Crippen LogP contribution in [0.4, 0.5) is 0 Å². The van der Waals surface area contributed by atoms with Gasteiger partial charge in [0.2, 0.25) is 0 Å². The van der Waals surface area contributed by atoms with Gasteiger partial charge < -0.3 is 5.11 Å². The molecule has 1 rings (SSSR count). The molecule has 3 nitrogen and oxygen atoms in total. The fourth-order valence-corrected chi connectivity index (χ4v) is 2.70. The first-order valence-corrected chi connectivity index (χ1v) is 7.24. The molecule has 4 heteroatoms. The molecule has 0 aliphatic heterocycles. The van der Waals surface area contributed by atoms with Crippen LogP contribution in [0, 0.1) is 0 Å². The summed E-state index contributed by atoms with van der Waals surface area (Å²) < 4.78 is 0. The van der Waals surface area contributed by atoms with Crippen LogP contribution in [-0.4, -0.2) is 41.0 Å². The predicted molar refractivity (Wildman–Crippen MR) is 76.4 cm³/mol. The number of thiophene rings is 1. The summed E-state index contributed by atoms with van der Waals surface area (Å²) in [6.07, 6.45) is 0.971. The Balaban J connectivity index is 2.62. The number of ketones is 1. The Hall–Kier alpha value is -0.710. The maximum absolute atomic E-state index is 12.1. The number of carbonyl (C=O) groups is 1. The minimum atomic E-state index is -0.764. The number of aryl methyl sites for hydroxylation is 1. The second-order valence-electron chi connectivity index (χ2n) is 5.16. The molecular weight excluding hydrogens is 246 g/mol. The Morgan fingerprint density at radius 1 is 1.39 bits per heavy atom. The van der Waals surface area contributed by atoms with Gasteiger partial charge in [0, 0.05) is 11.4 Å². The maximum atomic E-state index is 12.1. The average molecular weight is 269 g/mol. The summed E-state index contributed by atoms with van der Waals surface area (Å²) in [6, 6.07) is 3.92. The molecule has 0 aliphatic rings. The molecule has 0 aromatic carbocycles. The molecule has 0 fully saturated rings. The molecule has 0 spiro atoms. The molecule has 1 heterocycles. The summed E-state index contributed by atoms with van der Waals surface area (Å²) >= 11 is 1.57. The average Bonchev–Trinajstić information content (AvgIpc) is 2.74. The van der Waals surface area contributed by atoms with E-state index in [2.05, 4.69) is 6.92 Å². The fourth-order valence-electron chi connectivity index (χ4n) is 1.83. The highest BCUT2D eigenvalue weighted by Gasteiger charge is 2.20. The number of hydrogen-bond acceptors (Lipinski definition) is 4. The zero-order valence-corrected chi connectivity index (χ0v) is 12.5. The van der Waals surface area contributed by atoms with Gasteiger partial charge in [0.15, 0.2) is 5.78 Å². The van der Waals surface area contributed by atoms with Gasteiger partial charge >= 0.3 is 0 Å². The van der Waals surface area contributed by atoms with E-state index in [1.54, 1.807) is 25.2 Å². The van der Waals surface area contributed by atoms with Crippen molar-refractivity contribution in [2.24, 2.45) is 0 Å². The summed E-state index contributed by atoms with van der Waals surface area (Å²) in [4.78, 5) is 16.2. The van der Waals surface area contributed by atoms with Crippen LogP contribution in [-0.2, 0) is 6.42 Å². The Morgan fingerprint density at radius 3 is 2.50 bits per heavy atom. The van der Waals surface area contributed by atoms with Gasteiger partial charge in [-0.15, -0.1) is 11.3 Å². The normalized spacial score (nSPS) is 12.1. The van der Waals surface area contributed by atoms with Crippen LogP contribution in [0.1, 0.15) is 42.2 Å². The quantitative estimate of drug-likeness (QED) is 0.774. The number of Topliss-reactive ketones (excluding diaryl/α,β-unsaturated/α-hetero) is 1. The molecule has 1 aromatic heterocycles. The lowest BCUT2D eigenvalue weighted by molar-refractivity contribution is 0.0376. The third-order valence-corrected chi connectivity index (χ3v) is 3.98. The predicted octanol–water partition coefficient (Wildman–Crippen LogP) is 2.59. The molecule has 0 amide bonds. The molecule has 0 atom stereocenters. The van der Waals surface area contributed by atoms with Crippen molar-refractivity contribution in [2.75, 3.05) is 19.6 Å². The van der Waals surface area contributed by atoms with Crippen molar-refractivity contribution < 1.29 is 9.90 Å². The number of hydrogen-bond donors (Lipinski definition) is 1.